The van der Waals surface area contributed by atoms with Crippen LogP contribution in [0.25, 0.3) is 0 Å². The van der Waals surface area contributed by atoms with Crippen molar-refractivity contribution in [1.82, 2.24) is 0 Å². The number of ketones is 2. The van der Waals surface area contributed by atoms with Crippen molar-refractivity contribution in [2.75, 3.05) is 6.61 Å². The van der Waals surface area contributed by atoms with Crippen LogP contribution in [0.1, 0.15) is 93.4 Å². The number of carbonyl (C=O) groups excluding carboxylic acids is 4. The van der Waals surface area contributed by atoms with Gasteiger partial charge in [0.1, 0.15) is 18.0 Å². The number of ether oxygens (including phenoxy) is 3. The number of fused-ring (bicyclic) bond motifs is 5. The fourth-order valence-electron chi connectivity index (χ4n) is 9.51. The number of carbonyl (C=O) groups is 4. The summed E-state index contributed by atoms with van der Waals surface area (Å²) >= 11 is 0. The molecule has 0 unspecified atom stereocenters. The van der Waals surface area contributed by atoms with Crippen molar-refractivity contribution in [3.8, 4) is 0 Å². The molecule has 0 aromatic heterocycles. The molecule has 1 heterocycles. The highest BCUT2D eigenvalue weighted by atomic mass is 16.5. The minimum absolute atomic E-state index is 0.0181. The topological polar surface area (TPSA) is 96.0 Å². The fourth-order valence-corrected chi connectivity index (χ4v) is 9.51. The zero-order chi connectivity index (χ0) is 29.1. The zero-order valence-corrected chi connectivity index (χ0v) is 25.2. The maximum atomic E-state index is 14.4. The summed E-state index contributed by atoms with van der Waals surface area (Å²) in [6, 6.07) is 0. The number of allylic oxidation sites excluding steroid dienone is 3. The van der Waals surface area contributed by atoms with Gasteiger partial charge >= 0.3 is 11.9 Å². The molecule has 5 rings (SSSR count). The van der Waals surface area contributed by atoms with Crippen molar-refractivity contribution in [3.63, 3.8) is 0 Å². The van der Waals surface area contributed by atoms with Crippen LogP contribution in [0.2, 0.25) is 0 Å². The Labute approximate surface area is 238 Å². The Morgan fingerprint density at radius 1 is 1.05 bits per heavy atom. The van der Waals surface area contributed by atoms with Gasteiger partial charge in [0.15, 0.2) is 5.78 Å². The van der Waals surface area contributed by atoms with Crippen LogP contribution < -0.4 is 0 Å². The summed E-state index contributed by atoms with van der Waals surface area (Å²) in [5.41, 5.74) is 1.15. The molecule has 3 saturated carbocycles. The van der Waals surface area contributed by atoms with Gasteiger partial charge in [-0.3, -0.25) is 19.2 Å². The van der Waals surface area contributed by atoms with Crippen LogP contribution in [0, 0.1) is 46.3 Å². The van der Waals surface area contributed by atoms with Crippen molar-refractivity contribution in [2.45, 2.75) is 106 Å². The average Bonchev–Trinajstić information content (AvgIpc) is 3.17. The molecule has 0 aromatic carbocycles. The zero-order valence-electron chi connectivity index (χ0n) is 25.2. The van der Waals surface area contributed by atoms with Gasteiger partial charge in [0.2, 0.25) is 0 Å². The second kappa shape index (κ2) is 10.4. The van der Waals surface area contributed by atoms with Crippen LogP contribution in [0.4, 0.5) is 0 Å². The molecule has 0 amide bonds. The highest BCUT2D eigenvalue weighted by Crippen LogP contribution is 2.66. The Balaban J connectivity index is 1.48. The number of hydrogen-bond acceptors (Lipinski definition) is 7. The second-order valence-electron chi connectivity index (χ2n) is 13.9. The third-order valence-electron chi connectivity index (χ3n) is 11.5. The predicted molar refractivity (Wildman–Crippen MR) is 149 cm³/mol. The van der Waals surface area contributed by atoms with Crippen molar-refractivity contribution in [3.05, 3.63) is 23.0 Å². The first kappa shape index (κ1) is 29.1. The third-order valence-corrected chi connectivity index (χ3v) is 11.5. The van der Waals surface area contributed by atoms with E-state index in [1.165, 1.54) is 19.4 Å². The molecule has 220 valence electrons. The van der Waals surface area contributed by atoms with Crippen LogP contribution in [0.5, 0.6) is 0 Å². The Morgan fingerprint density at radius 3 is 2.42 bits per heavy atom. The minimum Gasteiger partial charge on any atom is -0.498 e. The Bertz CT molecular complexity index is 1170. The van der Waals surface area contributed by atoms with Crippen LogP contribution in [0.3, 0.4) is 0 Å². The van der Waals surface area contributed by atoms with E-state index in [2.05, 4.69) is 26.8 Å². The summed E-state index contributed by atoms with van der Waals surface area (Å²) in [5, 5.41) is 0. The third kappa shape index (κ3) is 4.65. The number of Topliss-reactive ketones (excluding diaryl/α,β-unsaturated/α-hetero) is 2. The van der Waals surface area contributed by atoms with Gasteiger partial charge in [-0.15, -0.1) is 0 Å². The number of hydrogen-bond donors (Lipinski definition) is 0. The van der Waals surface area contributed by atoms with E-state index in [1.54, 1.807) is 0 Å². The van der Waals surface area contributed by atoms with Gasteiger partial charge in [-0.1, -0.05) is 39.3 Å². The smallest absolute Gasteiger partial charge is 0.302 e. The van der Waals surface area contributed by atoms with Gasteiger partial charge in [0, 0.05) is 49.5 Å². The maximum Gasteiger partial charge on any atom is 0.302 e. The molecule has 0 aromatic rings. The predicted octanol–water partition coefficient (Wildman–Crippen LogP) is 5.75. The molecule has 10 atom stereocenters. The summed E-state index contributed by atoms with van der Waals surface area (Å²) in [4.78, 5) is 52.2. The van der Waals surface area contributed by atoms with Crippen molar-refractivity contribution < 1.29 is 33.4 Å². The standard InChI is InChI=1S/C33H46O7/c1-17-12-25(19(3)38-16-17)31(37)18(2)30-28(40-21(5)35)14-27-24-9-8-22-13-23(39-20(4)34)10-11-32(22,6)26(24)15-29(36)33(27,30)7/h8,17-18,23-24,26-28,30H,9-16H2,1-7H3/t17-,18+,23+,24-,26+,27+,28+,30+,32+,33-/m1/s1. The Kier molecular flexibility index (Phi) is 7.58. The van der Waals surface area contributed by atoms with Gasteiger partial charge in [-0.05, 0) is 68.1 Å². The van der Waals surface area contributed by atoms with Crippen LogP contribution >= 0.6 is 0 Å². The molecule has 5 aliphatic rings. The molecule has 4 aliphatic carbocycles. The monoisotopic (exact) mass is 554 g/mol. The minimum atomic E-state index is -0.747. The van der Waals surface area contributed by atoms with Crippen LogP contribution in [-0.4, -0.2) is 42.3 Å². The first-order chi connectivity index (χ1) is 18.8. The number of rotatable bonds is 5. The lowest BCUT2D eigenvalue weighted by atomic mass is 9.46. The van der Waals surface area contributed by atoms with Crippen molar-refractivity contribution >= 4 is 23.5 Å². The molecule has 0 saturated heterocycles. The molecular weight excluding hydrogens is 508 g/mol. The largest absolute Gasteiger partial charge is 0.498 e. The molecule has 7 nitrogen and oxygen atoms in total. The van der Waals surface area contributed by atoms with Gasteiger partial charge in [-0.2, -0.15) is 0 Å². The first-order valence-electron chi connectivity index (χ1n) is 15.2. The maximum absolute atomic E-state index is 14.4. The van der Waals surface area contributed by atoms with Crippen molar-refractivity contribution in [2.24, 2.45) is 46.3 Å². The van der Waals surface area contributed by atoms with E-state index in [0.29, 0.717) is 37.2 Å². The Hall–Kier alpha value is -2.44. The Morgan fingerprint density at radius 2 is 1.75 bits per heavy atom. The van der Waals surface area contributed by atoms with Crippen LogP contribution in [0.15, 0.2) is 23.0 Å². The molecule has 0 N–H and O–H groups in total. The summed E-state index contributed by atoms with van der Waals surface area (Å²) in [6.45, 7) is 13.7. The lowest BCUT2D eigenvalue weighted by Gasteiger charge is -2.57. The molecule has 3 fully saturated rings. The van der Waals surface area contributed by atoms with Crippen LogP contribution in [-0.2, 0) is 33.4 Å². The lowest BCUT2D eigenvalue weighted by Crippen LogP contribution is -2.56. The molecule has 40 heavy (non-hydrogen) atoms. The summed E-state index contributed by atoms with van der Waals surface area (Å²) in [6.07, 6.45) is 6.76. The molecule has 7 heteroatoms. The fraction of sp³-hybridized carbons (Fsp3) is 0.758. The van der Waals surface area contributed by atoms with Crippen molar-refractivity contribution in [1.29, 1.82) is 0 Å². The summed E-state index contributed by atoms with van der Waals surface area (Å²) in [5.74, 6) is 0.172. The van der Waals surface area contributed by atoms with Gasteiger partial charge in [-0.25, -0.2) is 0 Å². The SMILES string of the molecule is CC(=O)O[C@H]1CC[C@@]2(C)C(=CC[C@H]3[C@@H]4C[C@H](OC(C)=O)[C@H]([C@H](C)C(=O)C5=C(C)OC[C@H](C)C5)[C@@]4(C)C(=O)C[C@@H]32)C1. The van der Waals surface area contributed by atoms with E-state index in [1.807, 2.05) is 13.8 Å². The molecule has 0 spiro atoms. The van der Waals surface area contributed by atoms with E-state index in [-0.39, 0.29) is 64.6 Å². The van der Waals surface area contributed by atoms with Gasteiger partial charge in [0.25, 0.3) is 0 Å². The highest BCUT2D eigenvalue weighted by molar-refractivity contribution is 5.98. The number of esters is 2. The molecule has 0 bridgehead atoms. The first-order valence-corrected chi connectivity index (χ1v) is 15.2. The van der Waals surface area contributed by atoms with E-state index in [9.17, 15) is 19.2 Å². The molecule has 0 radical (unpaired) electrons. The second-order valence-corrected chi connectivity index (χ2v) is 13.9. The van der Waals surface area contributed by atoms with E-state index in [4.69, 9.17) is 14.2 Å². The quantitative estimate of drug-likeness (QED) is 0.315. The van der Waals surface area contributed by atoms with E-state index in [0.717, 1.165) is 25.7 Å². The van der Waals surface area contributed by atoms with Gasteiger partial charge < -0.3 is 14.2 Å². The lowest BCUT2D eigenvalue weighted by molar-refractivity contribution is -0.157. The summed E-state index contributed by atoms with van der Waals surface area (Å²) in [7, 11) is 0. The molecular formula is C33H46O7. The van der Waals surface area contributed by atoms with Gasteiger partial charge in [0.05, 0.1) is 12.4 Å². The normalized spacial score (nSPS) is 41.5. The average molecular weight is 555 g/mol. The van der Waals surface area contributed by atoms with E-state index >= 15 is 0 Å². The highest BCUT2D eigenvalue weighted by Gasteiger charge is 2.67. The molecule has 1 aliphatic heterocycles. The van der Waals surface area contributed by atoms with E-state index < -0.39 is 17.4 Å². The summed E-state index contributed by atoms with van der Waals surface area (Å²) < 4.78 is 17.3.